The molecule has 0 aromatic heterocycles. The van der Waals surface area contributed by atoms with Crippen molar-refractivity contribution in [3.8, 4) is 0 Å². The lowest BCUT2D eigenvalue weighted by atomic mass is 10.0. The lowest BCUT2D eigenvalue weighted by molar-refractivity contribution is -0.161. The van der Waals surface area contributed by atoms with Gasteiger partial charge in [-0.3, -0.25) is 23.2 Å². The van der Waals surface area contributed by atoms with E-state index in [0.717, 1.165) is 44.9 Å². The zero-order valence-corrected chi connectivity index (χ0v) is 39.1. The van der Waals surface area contributed by atoms with E-state index in [1.165, 1.54) is 19.3 Å². The Hall–Kier alpha value is -3.04. The molecule has 0 spiro atoms. The second-order valence-corrected chi connectivity index (χ2v) is 17.2. The lowest BCUT2D eigenvalue weighted by Gasteiger charge is -2.21. The predicted octanol–water partition coefficient (Wildman–Crippen LogP) is 9.28. The molecule has 63 heavy (non-hydrogen) atoms. The Kier molecular flexibility index (Phi) is 38.5. The van der Waals surface area contributed by atoms with Crippen molar-refractivity contribution in [1.82, 2.24) is 0 Å². The second kappa shape index (κ2) is 40.5. The first-order valence-corrected chi connectivity index (χ1v) is 25.1. The van der Waals surface area contributed by atoms with E-state index in [1.54, 1.807) is 6.08 Å². The van der Waals surface area contributed by atoms with Crippen molar-refractivity contribution in [2.75, 3.05) is 26.4 Å². The van der Waals surface area contributed by atoms with Crippen LogP contribution in [0.1, 0.15) is 129 Å². The van der Waals surface area contributed by atoms with E-state index in [9.17, 15) is 38.9 Å². The fraction of sp³-hybridized carbons (Fsp3) is 0.609. The molecule has 0 aromatic carbocycles. The van der Waals surface area contributed by atoms with Gasteiger partial charge in [-0.25, -0.2) is 9.13 Å². The largest absolute Gasteiger partial charge is 0.472 e. The molecule has 0 radical (unpaired) electrons. The maximum atomic E-state index is 12.7. The summed E-state index contributed by atoms with van der Waals surface area (Å²) in [6, 6.07) is 0. The van der Waals surface area contributed by atoms with Gasteiger partial charge in [0.05, 0.1) is 32.0 Å². The first-order chi connectivity index (χ1) is 30.2. The van der Waals surface area contributed by atoms with Crippen LogP contribution in [0.2, 0.25) is 0 Å². The SMILES string of the molecule is CC/C=C\C/C=C\C/C=C\C/C=C\C[C@@H](O)[C@H](O)CCCC(=O)O[C@H](COC(=O)CCC/C=C\C/C=C\C/C=C\C/C=C\CCCCC)COP(=O)(O)OC[C@@H](O)COP(=O)(O)O. The number of ether oxygens (including phenoxy) is 2. The van der Waals surface area contributed by atoms with Crippen LogP contribution < -0.4 is 0 Å². The Bertz CT molecular complexity index is 1510. The van der Waals surface area contributed by atoms with Gasteiger partial charge >= 0.3 is 27.6 Å². The highest BCUT2D eigenvalue weighted by atomic mass is 31.2. The molecule has 0 aliphatic carbocycles. The zero-order chi connectivity index (χ0) is 46.9. The number of hydrogen-bond acceptors (Lipinski definition) is 12. The predicted molar refractivity (Wildman–Crippen MR) is 246 cm³/mol. The molecule has 6 N–H and O–H groups in total. The third-order valence-corrected chi connectivity index (χ3v) is 10.1. The van der Waals surface area contributed by atoms with Gasteiger partial charge < -0.3 is 39.5 Å². The number of phosphoric ester groups is 2. The molecule has 0 bridgehead atoms. The summed E-state index contributed by atoms with van der Waals surface area (Å²) in [7, 11) is -9.82. The van der Waals surface area contributed by atoms with Crippen molar-refractivity contribution in [2.45, 2.75) is 154 Å². The Morgan fingerprint density at radius 2 is 1.00 bits per heavy atom. The van der Waals surface area contributed by atoms with E-state index in [1.807, 2.05) is 30.4 Å². The van der Waals surface area contributed by atoms with Crippen molar-refractivity contribution in [2.24, 2.45) is 0 Å². The van der Waals surface area contributed by atoms with Crippen molar-refractivity contribution >= 4 is 27.6 Å². The topological polar surface area (TPSA) is 236 Å². The summed E-state index contributed by atoms with van der Waals surface area (Å²) in [6.45, 7) is 1.20. The minimum atomic E-state index is -4.91. The number of rotatable bonds is 40. The summed E-state index contributed by atoms with van der Waals surface area (Å²) >= 11 is 0. The van der Waals surface area contributed by atoms with Gasteiger partial charge in [-0.1, -0.05) is 124 Å². The minimum absolute atomic E-state index is 0.0524. The Labute approximate surface area is 375 Å². The summed E-state index contributed by atoms with van der Waals surface area (Å²) in [4.78, 5) is 52.8. The Morgan fingerprint density at radius 1 is 0.524 bits per heavy atom. The van der Waals surface area contributed by atoms with E-state index in [2.05, 4.69) is 83.7 Å². The fourth-order valence-electron chi connectivity index (χ4n) is 5.19. The first-order valence-electron chi connectivity index (χ1n) is 22.1. The molecule has 0 rings (SSSR count). The van der Waals surface area contributed by atoms with E-state index in [4.69, 9.17) is 23.8 Å². The van der Waals surface area contributed by atoms with Crippen LogP contribution in [0.25, 0.3) is 0 Å². The van der Waals surface area contributed by atoms with E-state index < -0.39 is 78.4 Å². The highest BCUT2D eigenvalue weighted by Gasteiger charge is 2.28. The number of phosphoric acid groups is 2. The maximum Gasteiger partial charge on any atom is 0.472 e. The van der Waals surface area contributed by atoms with Crippen LogP contribution in [0.5, 0.6) is 0 Å². The molecule has 360 valence electrons. The lowest BCUT2D eigenvalue weighted by Crippen LogP contribution is -2.30. The molecule has 17 heteroatoms. The molecule has 0 aliphatic heterocycles. The van der Waals surface area contributed by atoms with Gasteiger partial charge in [0.15, 0.2) is 6.10 Å². The molecule has 0 aromatic rings. The van der Waals surface area contributed by atoms with Gasteiger partial charge in [-0.2, -0.15) is 0 Å². The smallest absolute Gasteiger partial charge is 0.462 e. The molecule has 0 amide bonds. The van der Waals surface area contributed by atoms with Crippen LogP contribution in [0.15, 0.2) is 97.2 Å². The molecule has 5 atom stereocenters. The van der Waals surface area contributed by atoms with Gasteiger partial charge in [0.1, 0.15) is 12.7 Å². The van der Waals surface area contributed by atoms with E-state index in [0.29, 0.717) is 19.3 Å². The number of aliphatic hydroxyl groups excluding tert-OH is 3. The number of aliphatic hydroxyl groups is 3. The number of esters is 2. The number of carbonyl (C=O) groups excluding carboxylic acids is 2. The molecule has 1 unspecified atom stereocenters. The monoisotopic (exact) mass is 930 g/mol. The second-order valence-electron chi connectivity index (χ2n) is 14.5. The van der Waals surface area contributed by atoms with E-state index >= 15 is 0 Å². The third-order valence-electron chi connectivity index (χ3n) is 8.65. The Morgan fingerprint density at radius 3 is 1.54 bits per heavy atom. The van der Waals surface area contributed by atoms with E-state index in [-0.39, 0.29) is 32.1 Å². The van der Waals surface area contributed by atoms with Gasteiger partial charge in [0.25, 0.3) is 0 Å². The summed E-state index contributed by atoms with van der Waals surface area (Å²) in [5, 5.41) is 30.5. The average molecular weight is 931 g/mol. The number of hydrogen-bond donors (Lipinski definition) is 6. The van der Waals surface area contributed by atoms with Crippen LogP contribution in [-0.4, -0.2) is 92.8 Å². The molecule has 15 nitrogen and oxygen atoms in total. The van der Waals surface area contributed by atoms with Crippen molar-refractivity contribution < 1.29 is 71.8 Å². The third kappa shape index (κ3) is 42.7. The maximum absolute atomic E-state index is 12.7. The fourth-order valence-corrected chi connectivity index (χ4v) is 6.35. The highest BCUT2D eigenvalue weighted by molar-refractivity contribution is 7.47. The van der Waals surface area contributed by atoms with Gasteiger partial charge in [0.2, 0.25) is 0 Å². The highest BCUT2D eigenvalue weighted by Crippen LogP contribution is 2.43. The summed E-state index contributed by atoms with van der Waals surface area (Å²) in [6.07, 6.45) is 40.0. The average Bonchev–Trinajstić information content (AvgIpc) is 3.24. The normalized spacial score (nSPS) is 15.9. The number of carbonyl (C=O) groups is 2. The molecular weight excluding hydrogens is 854 g/mol. The molecule has 0 aliphatic rings. The number of allylic oxidation sites excluding steroid dienone is 15. The molecular formula is C46H76O15P2. The quantitative estimate of drug-likeness (QED) is 0.0145. The van der Waals surface area contributed by atoms with Crippen LogP contribution in [0.3, 0.4) is 0 Å². The molecule has 0 saturated heterocycles. The van der Waals surface area contributed by atoms with Crippen molar-refractivity contribution in [1.29, 1.82) is 0 Å². The van der Waals surface area contributed by atoms with Crippen molar-refractivity contribution in [3.63, 3.8) is 0 Å². The first kappa shape index (κ1) is 60.0. The zero-order valence-electron chi connectivity index (χ0n) is 37.4. The standard InChI is InChI=1S/C46H76O15P2/c1-3-5-7-9-11-13-15-17-18-19-20-21-23-25-27-29-31-35-45(50)57-39-42(40-60-63(55,56)59-38-41(47)37-58-62(52,53)54)61-46(51)36-32-34-44(49)43(48)33-30-28-26-24-22-16-14-12-10-8-6-4-2/h6,8,11-14,17-18,20-22,24-25,27-28,30,41-44,47-49H,3-5,7,9-10,15-16,19,23,26,29,31-40H2,1-2H3,(H,55,56)(H2,52,53,54)/b8-6-,13-11-,14-12-,18-17-,21-20-,24-22-,27-25-,30-28-/t41-,42+,43+,44+/m0/s1. The van der Waals surface area contributed by atoms with Crippen LogP contribution in [-0.2, 0) is 41.8 Å². The van der Waals surface area contributed by atoms with Gasteiger partial charge in [0, 0.05) is 12.8 Å². The summed E-state index contributed by atoms with van der Waals surface area (Å²) in [5.74, 6) is -1.39. The minimum Gasteiger partial charge on any atom is -0.462 e. The molecule has 0 saturated carbocycles. The van der Waals surface area contributed by atoms with Crippen LogP contribution in [0.4, 0.5) is 0 Å². The summed E-state index contributed by atoms with van der Waals surface area (Å²) in [5.41, 5.74) is 0. The number of unbranched alkanes of at least 4 members (excludes halogenated alkanes) is 4. The Balaban J connectivity index is 4.86. The molecule has 0 fully saturated rings. The summed E-state index contributed by atoms with van der Waals surface area (Å²) < 4.78 is 47.5. The van der Waals surface area contributed by atoms with Crippen LogP contribution in [0, 0.1) is 0 Å². The van der Waals surface area contributed by atoms with Gasteiger partial charge in [-0.05, 0) is 89.9 Å². The van der Waals surface area contributed by atoms with Gasteiger partial charge in [-0.15, -0.1) is 0 Å². The van der Waals surface area contributed by atoms with Crippen molar-refractivity contribution in [3.05, 3.63) is 97.2 Å². The molecule has 0 heterocycles. The van der Waals surface area contributed by atoms with Crippen LogP contribution >= 0.6 is 15.6 Å².